The van der Waals surface area contributed by atoms with Gasteiger partial charge in [0, 0.05) is 13.1 Å². The zero-order chi connectivity index (χ0) is 12.3. The van der Waals surface area contributed by atoms with Gasteiger partial charge >= 0.3 is 5.97 Å². The fourth-order valence-corrected chi connectivity index (χ4v) is 2.32. The number of hydrogen-bond donors (Lipinski definition) is 1. The summed E-state index contributed by atoms with van der Waals surface area (Å²) in [5.41, 5.74) is 0.765. The molecule has 0 amide bonds. The lowest BCUT2D eigenvalue weighted by atomic mass is 10.1. The predicted octanol–water partition coefficient (Wildman–Crippen LogP) is 1.89. The summed E-state index contributed by atoms with van der Waals surface area (Å²) in [4.78, 5) is 21.5. The molecule has 1 aromatic rings. The van der Waals surface area contributed by atoms with Crippen LogP contribution in [0.25, 0.3) is 0 Å². The number of aromatic carboxylic acids is 1. The summed E-state index contributed by atoms with van der Waals surface area (Å²) in [6.45, 7) is 1.78. The molecule has 2 rings (SSSR count). The first-order valence-corrected chi connectivity index (χ1v) is 6.84. The van der Waals surface area contributed by atoms with Crippen LogP contribution in [0.3, 0.4) is 0 Å². The van der Waals surface area contributed by atoms with Gasteiger partial charge in [0.15, 0.2) is 10.9 Å². The maximum absolute atomic E-state index is 11.2. The van der Waals surface area contributed by atoms with Crippen LogP contribution < -0.4 is 4.90 Å². The fraction of sp³-hybridized carbons (Fsp3) is 0.545. The van der Waals surface area contributed by atoms with Gasteiger partial charge in [-0.1, -0.05) is 11.8 Å². The summed E-state index contributed by atoms with van der Waals surface area (Å²) in [6, 6.07) is 0. The van der Waals surface area contributed by atoms with E-state index in [0.717, 1.165) is 25.9 Å². The molecule has 0 spiro atoms. The highest BCUT2D eigenvalue weighted by Crippen LogP contribution is 2.23. The van der Waals surface area contributed by atoms with Gasteiger partial charge < -0.3 is 10.0 Å². The Morgan fingerprint density at radius 1 is 1.41 bits per heavy atom. The molecule has 0 aliphatic carbocycles. The number of rotatable bonds is 3. The highest BCUT2D eigenvalue weighted by Gasteiger charge is 2.20. The Kier molecular flexibility index (Phi) is 3.83. The summed E-state index contributed by atoms with van der Waals surface area (Å²) in [5, 5.41) is 9.69. The third kappa shape index (κ3) is 2.69. The van der Waals surface area contributed by atoms with Crippen LogP contribution in [0, 0.1) is 0 Å². The molecule has 0 atom stereocenters. The summed E-state index contributed by atoms with van der Waals surface area (Å²) in [7, 11) is 0. The van der Waals surface area contributed by atoms with Crippen molar-refractivity contribution in [3.63, 3.8) is 0 Å². The lowest BCUT2D eigenvalue weighted by Gasteiger charge is -2.29. The molecule has 0 aromatic carbocycles. The lowest BCUT2D eigenvalue weighted by molar-refractivity contribution is 0.0690. The van der Waals surface area contributed by atoms with Gasteiger partial charge in [-0.05, 0) is 25.5 Å². The quantitative estimate of drug-likeness (QED) is 0.655. The van der Waals surface area contributed by atoms with E-state index in [1.165, 1.54) is 18.2 Å². The van der Waals surface area contributed by atoms with E-state index in [2.05, 4.69) is 14.9 Å². The molecule has 0 saturated carbocycles. The van der Waals surface area contributed by atoms with E-state index in [4.69, 9.17) is 0 Å². The number of thioether (sulfide) groups is 1. The average molecular weight is 253 g/mol. The van der Waals surface area contributed by atoms with E-state index in [1.807, 2.05) is 6.26 Å². The summed E-state index contributed by atoms with van der Waals surface area (Å²) >= 11 is 1.35. The molecule has 1 aliphatic heterocycles. The molecule has 92 valence electrons. The molecule has 5 nitrogen and oxygen atoms in total. The molecule has 2 heterocycles. The van der Waals surface area contributed by atoms with Gasteiger partial charge in [-0.2, -0.15) is 0 Å². The molecule has 0 bridgehead atoms. The smallest absolute Gasteiger partial charge is 0.356 e. The maximum atomic E-state index is 11.2. The summed E-state index contributed by atoms with van der Waals surface area (Å²) in [5.74, 6) is -0.983. The largest absolute Gasteiger partial charge is 0.476 e. The molecule has 1 aromatic heterocycles. The Morgan fingerprint density at radius 2 is 2.12 bits per heavy atom. The standard InChI is InChI=1S/C11H15N3O2S/c1-17-11-12-7-8(9(13-11)10(15)16)14-5-3-2-4-6-14/h7H,2-6H2,1H3,(H,15,16). The molecule has 1 N–H and O–H groups in total. The van der Waals surface area contributed by atoms with E-state index in [0.29, 0.717) is 10.8 Å². The normalized spacial score (nSPS) is 15.9. The maximum Gasteiger partial charge on any atom is 0.356 e. The molecule has 0 radical (unpaired) electrons. The topological polar surface area (TPSA) is 66.3 Å². The van der Waals surface area contributed by atoms with Gasteiger partial charge in [-0.25, -0.2) is 14.8 Å². The Labute approximate surface area is 104 Å². The van der Waals surface area contributed by atoms with Gasteiger partial charge in [-0.3, -0.25) is 0 Å². The molecule has 1 saturated heterocycles. The Balaban J connectivity index is 2.34. The molecular weight excluding hydrogens is 238 g/mol. The van der Waals surface area contributed by atoms with E-state index >= 15 is 0 Å². The minimum atomic E-state index is -0.983. The van der Waals surface area contributed by atoms with Gasteiger partial charge in [0.05, 0.1) is 11.9 Å². The van der Waals surface area contributed by atoms with Crippen molar-refractivity contribution < 1.29 is 9.90 Å². The number of hydrogen-bond acceptors (Lipinski definition) is 5. The molecule has 1 aliphatic rings. The minimum Gasteiger partial charge on any atom is -0.476 e. The Bertz CT molecular complexity index is 419. The number of carboxylic acid groups (broad SMARTS) is 1. The number of anilines is 1. The zero-order valence-corrected chi connectivity index (χ0v) is 10.5. The first-order chi connectivity index (χ1) is 8.22. The summed E-state index contributed by atoms with van der Waals surface area (Å²) < 4.78 is 0. The van der Waals surface area contributed by atoms with Crippen molar-refractivity contribution in [3.8, 4) is 0 Å². The van der Waals surface area contributed by atoms with Crippen LogP contribution in [-0.2, 0) is 0 Å². The lowest BCUT2D eigenvalue weighted by Crippen LogP contribution is -2.31. The van der Waals surface area contributed by atoms with Crippen molar-refractivity contribution in [2.24, 2.45) is 0 Å². The van der Waals surface area contributed by atoms with Crippen molar-refractivity contribution in [2.75, 3.05) is 24.2 Å². The van der Waals surface area contributed by atoms with Crippen LogP contribution in [0.1, 0.15) is 29.8 Å². The second-order valence-corrected chi connectivity index (χ2v) is 4.72. The monoisotopic (exact) mass is 253 g/mol. The van der Waals surface area contributed by atoms with Gasteiger partial charge in [0.2, 0.25) is 0 Å². The van der Waals surface area contributed by atoms with E-state index in [1.54, 1.807) is 6.20 Å². The number of piperidine rings is 1. The number of carbonyl (C=O) groups is 1. The van der Waals surface area contributed by atoms with Crippen molar-refractivity contribution >= 4 is 23.4 Å². The van der Waals surface area contributed by atoms with Gasteiger partial charge in [-0.15, -0.1) is 0 Å². The van der Waals surface area contributed by atoms with Crippen LogP contribution in [0.4, 0.5) is 5.69 Å². The van der Waals surface area contributed by atoms with Crippen LogP contribution in [-0.4, -0.2) is 40.4 Å². The zero-order valence-electron chi connectivity index (χ0n) is 9.72. The molecule has 17 heavy (non-hydrogen) atoms. The minimum absolute atomic E-state index is 0.117. The van der Waals surface area contributed by atoms with E-state index in [-0.39, 0.29) is 5.69 Å². The van der Waals surface area contributed by atoms with Crippen LogP contribution in [0.5, 0.6) is 0 Å². The van der Waals surface area contributed by atoms with E-state index < -0.39 is 5.97 Å². The van der Waals surface area contributed by atoms with Crippen molar-refractivity contribution in [1.29, 1.82) is 0 Å². The van der Waals surface area contributed by atoms with E-state index in [9.17, 15) is 9.90 Å². The number of nitrogens with zero attached hydrogens (tertiary/aromatic N) is 3. The van der Waals surface area contributed by atoms with Crippen LogP contribution in [0.2, 0.25) is 0 Å². The molecule has 0 unspecified atom stereocenters. The van der Waals surface area contributed by atoms with Crippen molar-refractivity contribution in [1.82, 2.24) is 9.97 Å². The predicted molar refractivity (Wildman–Crippen MR) is 66.8 cm³/mol. The SMILES string of the molecule is CSc1ncc(N2CCCCC2)c(C(=O)O)n1. The van der Waals surface area contributed by atoms with Crippen molar-refractivity contribution in [3.05, 3.63) is 11.9 Å². The number of carboxylic acids is 1. The summed E-state index contributed by atoms with van der Waals surface area (Å²) in [6.07, 6.45) is 6.88. The second kappa shape index (κ2) is 5.35. The molecule has 6 heteroatoms. The van der Waals surface area contributed by atoms with Crippen LogP contribution >= 0.6 is 11.8 Å². The molecular formula is C11H15N3O2S. The first-order valence-electron chi connectivity index (χ1n) is 5.61. The third-order valence-electron chi connectivity index (χ3n) is 2.83. The Morgan fingerprint density at radius 3 is 2.71 bits per heavy atom. The Hall–Kier alpha value is -1.30. The second-order valence-electron chi connectivity index (χ2n) is 3.94. The highest BCUT2D eigenvalue weighted by atomic mass is 32.2. The van der Waals surface area contributed by atoms with Crippen LogP contribution in [0.15, 0.2) is 11.4 Å². The highest BCUT2D eigenvalue weighted by molar-refractivity contribution is 7.98. The fourth-order valence-electron chi connectivity index (χ4n) is 1.98. The first kappa shape index (κ1) is 12.2. The third-order valence-corrected chi connectivity index (χ3v) is 3.39. The molecule has 1 fully saturated rings. The van der Waals surface area contributed by atoms with Gasteiger partial charge in [0.25, 0.3) is 0 Å². The number of aromatic nitrogens is 2. The average Bonchev–Trinajstić information content (AvgIpc) is 2.39. The van der Waals surface area contributed by atoms with Crippen molar-refractivity contribution in [2.45, 2.75) is 24.4 Å². The van der Waals surface area contributed by atoms with Gasteiger partial charge in [0.1, 0.15) is 0 Å².